The number of ether oxygens (including phenoxy) is 2. The Kier molecular flexibility index (Phi) is 6.71. The van der Waals surface area contributed by atoms with Gasteiger partial charge in [-0.25, -0.2) is 8.78 Å². The number of aliphatic carboxylic acids is 1. The zero-order valence-electron chi connectivity index (χ0n) is 21.4. The van der Waals surface area contributed by atoms with Gasteiger partial charge in [0.1, 0.15) is 22.5 Å². The highest BCUT2D eigenvalue weighted by molar-refractivity contribution is 8.01. The van der Waals surface area contributed by atoms with E-state index in [0.29, 0.717) is 12.8 Å². The van der Waals surface area contributed by atoms with Crippen molar-refractivity contribution in [3.05, 3.63) is 23.8 Å². The second-order valence-electron chi connectivity index (χ2n) is 11.7. The fraction of sp³-hybridized carbons (Fsp3) is 0.778. The number of fused-ring (bicyclic) bond motifs is 7. The number of thioether (sulfide) groups is 1. The summed E-state index contributed by atoms with van der Waals surface area (Å²) < 4.78 is 45.9. The molecule has 0 radical (unpaired) electrons. The Balaban J connectivity index is 1.59. The van der Waals surface area contributed by atoms with E-state index in [-0.39, 0.29) is 31.4 Å². The maximum Gasteiger partial charge on any atom is 0.316 e. The van der Waals surface area contributed by atoms with Crippen molar-refractivity contribution in [2.24, 2.45) is 22.7 Å². The van der Waals surface area contributed by atoms with Crippen LogP contribution in [0, 0.1) is 22.7 Å². The zero-order valence-corrected chi connectivity index (χ0v) is 22.2. The number of ketones is 1. The van der Waals surface area contributed by atoms with E-state index in [1.165, 1.54) is 12.2 Å². The largest absolute Gasteiger partial charge is 0.480 e. The number of allylic oxidation sites excluding steroid dienone is 4. The second kappa shape index (κ2) is 9.11. The molecule has 0 aromatic rings. The molecule has 0 amide bonds. The third kappa shape index (κ3) is 3.58. The van der Waals surface area contributed by atoms with E-state index >= 15 is 8.78 Å². The highest BCUT2D eigenvalue weighted by atomic mass is 32.2. The standard InChI is InChI=1S/C27H36F2O7S/c1-4-5-22-35-21-12-15-16-11-18(28)17-10-14(31)6-8-24(17,2)26(16,29)20(32)13-25(15,3)27(21,36-22)37-19(7-9-30)23(33)34/h6,8,10,15-16,18-22,30,32H,4-5,7,9,11-13H2,1-3H3,(H,33,34)/t15-,16-,18-,19?,20-,21+,22+,24-,25-,26-,27-/m0/s1. The number of carboxylic acids is 1. The maximum atomic E-state index is 17.4. The van der Waals surface area contributed by atoms with Crippen molar-refractivity contribution in [3.63, 3.8) is 0 Å². The summed E-state index contributed by atoms with van der Waals surface area (Å²) in [5.74, 6) is -2.87. The Labute approximate surface area is 219 Å². The molecule has 37 heavy (non-hydrogen) atoms. The summed E-state index contributed by atoms with van der Waals surface area (Å²) >= 11 is 1.08. The van der Waals surface area contributed by atoms with Crippen LogP contribution in [0.1, 0.15) is 59.3 Å². The van der Waals surface area contributed by atoms with Crippen molar-refractivity contribution in [3.8, 4) is 0 Å². The molecule has 3 saturated carbocycles. The lowest BCUT2D eigenvalue weighted by molar-refractivity contribution is -0.222. The lowest BCUT2D eigenvalue weighted by atomic mass is 9.45. The number of hydrogen-bond acceptors (Lipinski definition) is 7. The topological polar surface area (TPSA) is 113 Å². The summed E-state index contributed by atoms with van der Waals surface area (Å²) in [4.78, 5) is 22.9. The van der Waals surface area contributed by atoms with Crippen LogP contribution in [-0.4, -0.2) is 74.2 Å². The molecule has 0 spiro atoms. The van der Waals surface area contributed by atoms with Gasteiger partial charge in [-0.05, 0) is 62.7 Å². The smallest absolute Gasteiger partial charge is 0.316 e. The summed E-state index contributed by atoms with van der Waals surface area (Å²) in [5, 5.41) is 30.0. The van der Waals surface area contributed by atoms with Gasteiger partial charge in [0.15, 0.2) is 17.7 Å². The van der Waals surface area contributed by atoms with E-state index in [1.807, 2.05) is 13.8 Å². The molecule has 0 bridgehead atoms. The SMILES string of the molecule is CCC[C@@H]1O[C@@H]2C[C@H]3[C@@H]4C[C@H](F)C5=CC(=O)C=C[C@]5(C)[C@@]4(F)[C@@H](O)C[C@]3(C)[C@]2(SC(CCO)C(=O)O)O1. The molecule has 3 N–H and O–H groups in total. The number of carbonyl (C=O) groups excluding carboxylic acids is 1. The van der Waals surface area contributed by atoms with E-state index in [1.54, 1.807) is 6.92 Å². The van der Waals surface area contributed by atoms with Crippen molar-refractivity contribution in [1.29, 1.82) is 0 Å². The minimum absolute atomic E-state index is 0.00629. The summed E-state index contributed by atoms with van der Waals surface area (Å²) in [6.07, 6.45) is 1.07. The van der Waals surface area contributed by atoms with Gasteiger partial charge in [-0.1, -0.05) is 26.3 Å². The van der Waals surface area contributed by atoms with E-state index in [4.69, 9.17) is 9.47 Å². The predicted molar refractivity (Wildman–Crippen MR) is 132 cm³/mol. The zero-order chi connectivity index (χ0) is 27.0. The molecule has 11 atom stereocenters. The van der Waals surface area contributed by atoms with Gasteiger partial charge in [0, 0.05) is 23.4 Å². The van der Waals surface area contributed by atoms with Gasteiger partial charge in [0.25, 0.3) is 0 Å². The predicted octanol–water partition coefficient (Wildman–Crippen LogP) is 3.72. The Morgan fingerprint density at radius 2 is 2.03 bits per heavy atom. The monoisotopic (exact) mass is 542 g/mol. The fourth-order valence-electron chi connectivity index (χ4n) is 8.07. The number of alkyl halides is 2. The minimum Gasteiger partial charge on any atom is -0.480 e. The average molecular weight is 543 g/mol. The van der Waals surface area contributed by atoms with Crippen LogP contribution < -0.4 is 0 Å². The molecule has 0 aromatic heterocycles. The fourth-order valence-corrected chi connectivity index (χ4v) is 9.78. The Morgan fingerprint density at radius 3 is 2.68 bits per heavy atom. The number of aliphatic hydroxyl groups is 2. The third-order valence-electron chi connectivity index (χ3n) is 9.84. The van der Waals surface area contributed by atoms with E-state index in [9.17, 15) is 24.9 Å². The lowest BCUT2D eigenvalue weighted by Crippen LogP contribution is -2.69. The molecule has 4 aliphatic carbocycles. The normalized spacial score (nSPS) is 49.1. The number of halogens is 2. The van der Waals surface area contributed by atoms with Crippen molar-refractivity contribution >= 4 is 23.5 Å². The first-order valence-corrected chi connectivity index (χ1v) is 14.1. The Bertz CT molecular complexity index is 1040. The summed E-state index contributed by atoms with van der Waals surface area (Å²) in [6, 6.07) is 0. The number of carboxylic acid groups (broad SMARTS) is 1. The second-order valence-corrected chi connectivity index (χ2v) is 13.1. The molecule has 5 aliphatic rings. The average Bonchev–Trinajstić information content (AvgIpc) is 3.28. The lowest BCUT2D eigenvalue weighted by Gasteiger charge is -2.63. The van der Waals surface area contributed by atoms with Gasteiger partial charge in [0.05, 0.1) is 6.10 Å². The molecule has 1 saturated heterocycles. The first-order valence-electron chi connectivity index (χ1n) is 13.2. The van der Waals surface area contributed by atoms with Gasteiger partial charge in [-0.3, -0.25) is 9.59 Å². The van der Waals surface area contributed by atoms with Gasteiger partial charge >= 0.3 is 5.97 Å². The van der Waals surface area contributed by atoms with Crippen LogP contribution >= 0.6 is 11.8 Å². The number of hydrogen-bond donors (Lipinski definition) is 3. The van der Waals surface area contributed by atoms with E-state index in [2.05, 4.69) is 0 Å². The van der Waals surface area contributed by atoms with Gasteiger partial charge in [-0.2, -0.15) is 0 Å². The van der Waals surface area contributed by atoms with E-state index in [0.717, 1.165) is 24.3 Å². The van der Waals surface area contributed by atoms with Crippen LogP contribution in [0.2, 0.25) is 0 Å². The summed E-state index contributed by atoms with van der Waals surface area (Å²) in [7, 11) is 0. The van der Waals surface area contributed by atoms with Crippen molar-refractivity contribution in [1.82, 2.24) is 0 Å². The van der Waals surface area contributed by atoms with Crippen LogP contribution in [0.5, 0.6) is 0 Å². The van der Waals surface area contributed by atoms with Crippen molar-refractivity contribution in [2.45, 2.75) is 99.8 Å². The minimum atomic E-state index is -2.23. The highest BCUT2D eigenvalue weighted by Crippen LogP contribution is 2.74. The summed E-state index contributed by atoms with van der Waals surface area (Å²) in [6.45, 7) is 5.09. The molecule has 10 heteroatoms. The maximum absolute atomic E-state index is 17.4. The molecule has 4 fully saturated rings. The molecule has 0 aromatic carbocycles. The van der Waals surface area contributed by atoms with Crippen LogP contribution in [0.4, 0.5) is 8.78 Å². The quantitative estimate of drug-likeness (QED) is 0.446. The summed E-state index contributed by atoms with van der Waals surface area (Å²) in [5.41, 5.74) is -4.59. The van der Waals surface area contributed by atoms with Crippen molar-refractivity contribution in [2.75, 3.05) is 6.61 Å². The molecule has 7 nitrogen and oxygen atoms in total. The third-order valence-corrected chi connectivity index (χ3v) is 11.7. The molecule has 1 heterocycles. The number of rotatable bonds is 7. The molecule has 1 aliphatic heterocycles. The first-order chi connectivity index (χ1) is 17.4. The van der Waals surface area contributed by atoms with Gasteiger partial charge in [0.2, 0.25) is 0 Å². The van der Waals surface area contributed by atoms with E-state index < -0.39 is 74.9 Å². The van der Waals surface area contributed by atoms with Crippen LogP contribution in [-0.2, 0) is 19.1 Å². The molecule has 1 unspecified atom stereocenters. The molecular weight excluding hydrogens is 506 g/mol. The Hall–Kier alpha value is -1.33. The van der Waals surface area contributed by atoms with Gasteiger partial charge < -0.3 is 24.8 Å². The van der Waals surface area contributed by atoms with Gasteiger partial charge in [-0.15, -0.1) is 11.8 Å². The molecular formula is C27H36F2O7S. The first kappa shape index (κ1) is 27.2. The molecule has 5 rings (SSSR count). The number of aliphatic hydroxyl groups excluding tert-OH is 2. The highest BCUT2D eigenvalue weighted by Gasteiger charge is 2.78. The van der Waals surface area contributed by atoms with Crippen LogP contribution in [0.25, 0.3) is 0 Å². The van der Waals surface area contributed by atoms with Crippen LogP contribution in [0.3, 0.4) is 0 Å². The Morgan fingerprint density at radius 1 is 1.30 bits per heavy atom. The van der Waals surface area contributed by atoms with Crippen LogP contribution in [0.15, 0.2) is 23.8 Å². The van der Waals surface area contributed by atoms with Crippen molar-refractivity contribution < 1.29 is 43.2 Å². The molecule has 206 valence electrons. The number of carbonyl (C=O) groups is 2.